The molecule has 2 aromatic heterocycles. The van der Waals surface area contributed by atoms with Crippen LogP contribution in [0.3, 0.4) is 0 Å². The standard InChI is InChI=1S/C19H23N7/c1-14-19(21-16-7-5-4-6-15(16)20-14)26-12-10-25(11-13-26)18-9-8-17(22-23-18)24(2)3/h4-9H,10-13H2,1-3H3. The fraction of sp³-hybridized carbons (Fsp3) is 0.368. The Morgan fingerprint density at radius 1 is 0.808 bits per heavy atom. The lowest BCUT2D eigenvalue weighted by Gasteiger charge is -2.36. The lowest BCUT2D eigenvalue weighted by atomic mass is 10.2. The Morgan fingerprint density at radius 3 is 2.08 bits per heavy atom. The molecule has 0 spiro atoms. The number of benzene rings is 1. The van der Waals surface area contributed by atoms with Gasteiger partial charge in [-0.3, -0.25) is 0 Å². The second-order valence-electron chi connectivity index (χ2n) is 6.74. The van der Waals surface area contributed by atoms with Crippen molar-refractivity contribution >= 4 is 28.5 Å². The summed E-state index contributed by atoms with van der Waals surface area (Å²) >= 11 is 0. The summed E-state index contributed by atoms with van der Waals surface area (Å²) in [6.45, 7) is 5.61. The number of aryl methyl sites for hydroxylation is 1. The molecule has 7 heteroatoms. The highest BCUT2D eigenvalue weighted by Crippen LogP contribution is 2.22. The van der Waals surface area contributed by atoms with Gasteiger partial charge in [-0.1, -0.05) is 12.1 Å². The van der Waals surface area contributed by atoms with Crippen LogP contribution >= 0.6 is 0 Å². The molecule has 7 nitrogen and oxygen atoms in total. The van der Waals surface area contributed by atoms with Crippen LogP contribution in [-0.2, 0) is 0 Å². The number of hydrogen-bond donors (Lipinski definition) is 0. The first-order valence-electron chi connectivity index (χ1n) is 8.86. The molecular formula is C19H23N7. The summed E-state index contributed by atoms with van der Waals surface area (Å²) in [5.41, 5.74) is 2.87. The summed E-state index contributed by atoms with van der Waals surface area (Å²) in [7, 11) is 3.94. The third kappa shape index (κ3) is 3.12. The van der Waals surface area contributed by atoms with Crippen LogP contribution in [0, 0.1) is 6.92 Å². The van der Waals surface area contributed by atoms with Crippen molar-refractivity contribution in [2.24, 2.45) is 0 Å². The van der Waals surface area contributed by atoms with Crippen molar-refractivity contribution in [3.8, 4) is 0 Å². The third-order valence-corrected chi connectivity index (χ3v) is 4.72. The van der Waals surface area contributed by atoms with Crippen LogP contribution in [0.5, 0.6) is 0 Å². The summed E-state index contributed by atoms with van der Waals surface area (Å²) in [6, 6.07) is 12.1. The van der Waals surface area contributed by atoms with Gasteiger partial charge in [0, 0.05) is 40.3 Å². The zero-order valence-corrected chi connectivity index (χ0v) is 15.4. The first-order chi connectivity index (χ1) is 12.6. The Labute approximate surface area is 153 Å². The van der Waals surface area contributed by atoms with Crippen LogP contribution in [0.25, 0.3) is 11.0 Å². The van der Waals surface area contributed by atoms with Crippen LogP contribution in [0.1, 0.15) is 5.69 Å². The van der Waals surface area contributed by atoms with Crippen LogP contribution in [0.2, 0.25) is 0 Å². The number of nitrogens with zero attached hydrogens (tertiary/aromatic N) is 7. The van der Waals surface area contributed by atoms with Gasteiger partial charge in [-0.15, -0.1) is 10.2 Å². The van der Waals surface area contributed by atoms with Crippen molar-refractivity contribution in [1.82, 2.24) is 20.2 Å². The Morgan fingerprint density at radius 2 is 1.46 bits per heavy atom. The lowest BCUT2D eigenvalue weighted by molar-refractivity contribution is 0.636. The molecule has 3 heterocycles. The fourth-order valence-electron chi connectivity index (χ4n) is 3.25. The third-order valence-electron chi connectivity index (χ3n) is 4.72. The predicted octanol–water partition coefficient (Wildman–Crippen LogP) is 2.12. The van der Waals surface area contributed by atoms with Crippen LogP contribution in [-0.4, -0.2) is 60.4 Å². The SMILES string of the molecule is Cc1nc2ccccc2nc1N1CCN(c2ccc(N(C)C)nn2)CC1. The van der Waals surface area contributed by atoms with E-state index < -0.39 is 0 Å². The van der Waals surface area contributed by atoms with Gasteiger partial charge >= 0.3 is 0 Å². The number of anilines is 3. The van der Waals surface area contributed by atoms with E-state index in [-0.39, 0.29) is 0 Å². The van der Waals surface area contributed by atoms with Crippen molar-refractivity contribution in [1.29, 1.82) is 0 Å². The van der Waals surface area contributed by atoms with Gasteiger partial charge in [0.25, 0.3) is 0 Å². The maximum atomic E-state index is 4.84. The molecule has 0 radical (unpaired) electrons. The molecule has 4 rings (SSSR count). The summed E-state index contributed by atoms with van der Waals surface area (Å²) in [6.07, 6.45) is 0. The molecule has 1 aliphatic heterocycles. The number of aromatic nitrogens is 4. The predicted molar refractivity (Wildman–Crippen MR) is 105 cm³/mol. The molecule has 0 N–H and O–H groups in total. The van der Waals surface area contributed by atoms with Gasteiger partial charge in [-0.05, 0) is 31.2 Å². The molecule has 0 unspecified atom stereocenters. The molecule has 1 aromatic carbocycles. The number of piperazine rings is 1. The second-order valence-corrected chi connectivity index (χ2v) is 6.74. The minimum Gasteiger partial charge on any atom is -0.361 e. The highest BCUT2D eigenvalue weighted by molar-refractivity contribution is 5.76. The van der Waals surface area contributed by atoms with Crippen molar-refractivity contribution in [3.05, 3.63) is 42.1 Å². The van der Waals surface area contributed by atoms with Gasteiger partial charge < -0.3 is 14.7 Å². The Bertz CT molecular complexity index is 899. The molecule has 0 saturated carbocycles. The molecule has 0 bridgehead atoms. The monoisotopic (exact) mass is 349 g/mol. The largest absolute Gasteiger partial charge is 0.361 e. The summed E-state index contributed by atoms with van der Waals surface area (Å²) < 4.78 is 0. The Kier molecular flexibility index (Phi) is 4.28. The van der Waals surface area contributed by atoms with E-state index in [0.29, 0.717) is 0 Å². The summed E-state index contributed by atoms with van der Waals surface area (Å²) in [4.78, 5) is 16.1. The van der Waals surface area contributed by atoms with E-state index in [4.69, 9.17) is 9.97 Å². The molecule has 0 atom stereocenters. The second kappa shape index (κ2) is 6.74. The van der Waals surface area contributed by atoms with Crippen molar-refractivity contribution in [2.75, 3.05) is 55.0 Å². The molecule has 3 aromatic rings. The molecule has 0 aliphatic carbocycles. The maximum Gasteiger partial charge on any atom is 0.151 e. The minimum atomic E-state index is 0.870. The van der Waals surface area contributed by atoms with Crippen molar-refractivity contribution in [3.63, 3.8) is 0 Å². The van der Waals surface area contributed by atoms with E-state index in [1.807, 2.05) is 62.3 Å². The van der Waals surface area contributed by atoms with Crippen LogP contribution in [0.15, 0.2) is 36.4 Å². The summed E-state index contributed by atoms with van der Waals surface area (Å²) in [5.74, 6) is 2.78. The van der Waals surface area contributed by atoms with Crippen LogP contribution in [0.4, 0.5) is 17.5 Å². The summed E-state index contributed by atoms with van der Waals surface area (Å²) in [5, 5.41) is 8.64. The number of fused-ring (bicyclic) bond motifs is 1. The Hall–Kier alpha value is -2.96. The van der Waals surface area contributed by atoms with Gasteiger partial charge in [0.2, 0.25) is 0 Å². The quantitative estimate of drug-likeness (QED) is 0.718. The van der Waals surface area contributed by atoms with E-state index in [1.165, 1.54) is 0 Å². The molecule has 26 heavy (non-hydrogen) atoms. The van der Waals surface area contributed by atoms with Gasteiger partial charge in [-0.25, -0.2) is 9.97 Å². The molecule has 1 saturated heterocycles. The molecule has 1 aliphatic rings. The van der Waals surface area contributed by atoms with Crippen molar-refractivity contribution < 1.29 is 0 Å². The van der Waals surface area contributed by atoms with E-state index in [9.17, 15) is 0 Å². The van der Waals surface area contributed by atoms with E-state index in [1.54, 1.807) is 0 Å². The maximum absolute atomic E-state index is 4.84. The average molecular weight is 349 g/mol. The zero-order valence-electron chi connectivity index (χ0n) is 15.4. The van der Waals surface area contributed by atoms with Gasteiger partial charge in [0.1, 0.15) is 0 Å². The topological polar surface area (TPSA) is 61.3 Å². The highest BCUT2D eigenvalue weighted by Gasteiger charge is 2.21. The van der Waals surface area contributed by atoms with Gasteiger partial charge in [0.15, 0.2) is 17.5 Å². The average Bonchev–Trinajstić information content (AvgIpc) is 2.68. The highest BCUT2D eigenvalue weighted by atomic mass is 15.3. The van der Waals surface area contributed by atoms with Crippen molar-refractivity contribution in [2.45, 2.75) is 6.92 Å². The first kappa shape index (κ1) is 16.5. The molecule has 1 fully saturated rings. The fourth-order valence-corrected chi connectivity index (χ4v) is 3.25. The van der Waals surface area contributed by atoms with E-state index in [2.05, 4.69) is 20.0 Å². The zero-order chi connectivity index (χ0) is 18.1. The van der Waals surface area contributed by atoms with E-state index >= 15 is 0 Å². The van der Waals surface area contributed by atoms with E-state index in [0.717, 1.165) is 60.4 Å². The molecule has 0 amide bonds. The smallest absolute Gasteiger partial charge is 0.151 e. The van der Waals surface area contributed by atoms with Crippen LogP contribution < -0.4 is 14.7 Å². The minimum absolute atomic E-state index is 0.870. The molecule has 134 valence electrons. The number of hydrogen-bond acceptors (Lipinski definition) is 7. The van der Waals surface area contributed by atoms with Gasteiger partial charge in [-0.2, -0.15) is 0 Å². The molecular weight excluding hydrogens is 326 g/mol. The lowest BCUT2D eigenvalue weighted by Crippen LogP contribution is -2.47. The number of rotatable bonds is 3. The normalized spacial score (nSPS) is 14.7. The number of para-hydroxylation sites is 2. The first-order valence-corrected chi connectivity index (χ1v) is 8.86. The Balaban J connectivity index is 1.49. The van der Waals surface area contributed by atoms with Gasteiger partial charge in [0.05, 0.1) is 16.7 Å².